The summed E-state index contributed by atoms with van der Waals surface area (Å²) in [6, 6.07) is 91.9. The average molecular weight is 791 g/mol. The van der Waals surface area contributed by atoms with E-state index in [1.165, 1.54) is 83.1 Å². The summed E-state index contributed by atoms with van der Waals surface area (Å²) in [6.45, 7) is 0. The highest BCUT2D eigenvalue weighted by Crippen LogP contribution is 2.40. The van der Waals surface area contributed by atoms with Crippen LogP contribution < -0.4 is 4.90 Å². The van der Waals surface area contributed by atoms with Crippen LogP contribution in [0.3, 0.4) is 0 Å². The van der Waals surface area contributed by atoms with E-state index in [4.69, 9.17) is 0 Å². The largest absolute Gasteiger partial charge is 0.310 e. The highest BCUT2D eigenvalue weighted by atomic mass is 15.1. The van der Waals surface area contributed by atoms with Crippen molar-refractivity contribution in [1.29, 1.82) is 0 Å². The molecular formula is C60H42N2. The highest BCUT2D eigenvalue weighted by molar-refractivity contribution is 6.09. The molecule has 0 unspecified atom stereocenters. The molecule has 2 nitrogen and oxygen atoms in total. The van der Waals surface area contributed by atoms with Crippen molar-refractivity contribution < 1.29 is 0 Å². The van der Waals surface area contributed by atoms with E-state index in [1.807, 2.05) is 0 Å². The number of rotatable bonds is 9. The maximum Gasteiger partial charge on any atom is 0.0541 e. The Morgan fingerprint density at radius 2 is 0.613 bits per heavy atom. The minimum Gasteiger partial charge on any atom is -0.310 e. The molecule has 0 atom stereocenters. The lowest BCUT2D eigenvalue weighted by Gasteiger charge is -2.26. The van der Waals surface area contributed by atoms with E-state index in [2.05, 4.69) is 264 Å². The minimum absolute atomic E-state index is 1.09. The summed E-state index contributed by atoms with van der Waals surface area (Å²) >= 11 is 0. The van der Waals surface area contributed by atoms with Crippen LogP contribution in [0.1, 0.15) is 0 Å². The van der Waals surface area contributed by atoms with E-state index in [9.17, 15) is 0 Å². The zero-order valence-electron chi connectivity index (χ0n) is 34.1. The quantitative estimate of drug-likeness (QED) is 0.141. The van der Waals surface area contributed by atoms with Crippen LogP contribution in [0.4, 0.5) is 17.1 Å². The second-order valence-corrected chi connectivity index (χ2v) is 15.8. The van der Waals surface area contributed by atoms with Crippen molar-refractivity contribution in [3.63, 3.8) is 0 Å². The van der Waals surface area contributed by atoms with Crippen LogP contribution in [0.25, 0.3) is 83.1 Å². The molecule has 0 saturated heterocycles. The standard InChI is InChI=1S/C60H42N2/c1-3-14-43(15-4-1)45-26-28-49(29-27-45)51-18-13-19-54(42-51)61(52-38-34-47(35-39-52)44-16-5-2-6-17-44)53-40-36-48(37-41-53)46-30-32-50(33-31-46)55-20-7-10-23-58(55)62-59-24-11-8-21-56(59)57-22-9-12-25-60(57)62/h1-42H. The molecule has 0 N–H and O–H groups in total. The molecule has 0 spiro atoms. The molecule has 0 aliphatic heterocycles. The van der Waals surface area contributed by atoms with Gasteiger partial charge < -0.3 is 9.47 Å². The average Bonchev–Trinajstić information content (AvgIpc) is 3.69. The number of fused-ring (bicyclic) bond motifs is 3. The van der Waals surface area contributed by atoms with Gasteiger partial charge in [0.2, 0.25) is 0 Å². The molecule has 1 heterocycles. The lowest BCUT2D eigenvalue weighted by Crippen LogP contribution is -2.10. The number of aromatic nitrogens is 1. The van der Waals surface area contributed by atoms with E-state index in [-0.39, 0.29) is 0 Å². The lowest BCUT2D eigenvalue weighted by molar-refractivity contribution is 1.18. The fourth-order valence-electron chi connectivity index (χ4n) is 8.93. The SMILES string of the molecule is c1ccc(-c2ccc(-c3cccc(N(c4ccc(-c5ccccc5)cc4)c4ccc(-c5ccc(-c6ccccc6-n6c7ccccc7c7ccccc76)cc5)cc4)c3)cc2)cc1. The van der Waals surface area contributed by atoms with Gasteiger partial charge in [0.1, 0.15) is 0 Å². The summed E-state index contributed by atoms with van der Waals surface area (Å²) in [5.41, 5.74) is 18.8. The Balaban J connectivity index is 0.925. The third-order valence-electron chi connectivity index (χ3n) is 12.0. The second kappa shape index (κ2) is 16.1. The molecule has 292 valence electrons. The van der Waals surface area contributed by atoms with Gasteiger partial charge in [-0.2, -0.15) is 0 Å². The summed E-state index contributed by atoms with van der Waals surface area (Å²) < 4.78 is 2.41. The first kappa shape index (κ1) is 36.8. The zero-order chi connectivity index (χ0) is 41.2. The van der Waals surface area contributed by atoms with Crippen molar-refractivity contribution in [1.82, 2.24) is 4.57 Å². The third-order valence-corrected chi connectivity index (χ3v) is 12.0. The van der Waals surface area contributed by atoms with E-state index < -0.39 is 0 Å². The van der Waals surface area contributed by atoms with Crippen LogP contribution in [0.5, 0.6) is 0 Å². The van der Waals surface area contributed by atoms with Crippen molar-refractivity contribution in [3.8, 4) is 61.3 Å². The summed E-state index contributed by atoms with van der Waals surface area (Å²) in [4.78, 5) is 2.36. The smallest absolute Gasteiger partial charge is 0.0541 e. The van der Waals surface area contributed by atoms with Gasteiger partial charge in [-0.15, -0.1) is 0 Å². The minimum atomic E-state index is 1.09. The first-order chi connectivity index (χ1) is 30.7. The van der Waals surface area contributed by atoms with Crippen LogP contribution in [0, 0.1) is 0 Å². The Labute approximate surface area is 362 Å². The maximum absolute atomic E-state index is 2.41. The summed E-state index contributed by atoms with van der Waals surface area (Å²) in [6.07, 6.45) is 0. The topological polar surface area (TPSA) is 8.17 Å². The molecule has 0 radical (unpaired) electrons. The van der Waals surface area contributed by atoms with E-state index in [0.717, 1.165) is 17.1 Å². The van der Waals surface area contributed by atoms with Gasteiger partial charge in [0.25, 0.3) is 0 Å². The number of hydrogen-bond donors (Lipinski definition) is 0. The predicted octanol–water partition coefficient (Wildman–Crippen LogP) is 16.6. The van der Waals surface area contributed by atoms with Gasteiger partial charge in [-0.1, -0.05) is 200 Å². The fourth-order valence-corrected chi connectivity index (χ4v) is 8.93. The Bertz CT molecular complexity index is 3240. The number of hydrogen-bond acceptors (Lipinski definition) is 1. The van der Waals surface area contributed by atoms with Gasteiger partial charge in [0.15, 0.2) is 0 Å². The molecule has 10 aromatic carbocycles. The van der Waals surface area contributed by atoms with Crippen molar-refractivity contribution in [3.05, 3.63) is 255 Å². The lowest BCUT2D eigenvalue weighted by atomic mass is 9.98. The molecule has 62 heavy (non-hydrogen) atoms. The monoisotopic (exact) mass is 790 g/mol. The third kappa shape index (κ3) is 6.94. The fraction of sp³-hybridized carbons (Fsp3) is 0. The van der Waals surface area contributed by atoms with Crippen molar-refractivity contribution in [2.24, 2.45) is 0 Å². The number of para-hydroxylation sites is 3. The first-order valence-electron chi connectivity index (χ1n) is 21.3. The Morgan fingerprint density at radius 1 is 0.242 bits per heavy atom. The normalized spacial score (nSPS) is 11.2. The number of benzene rings is 10. The van der Waals surface area contributed by atoms with Gasteiger partial charge in [-0.3, -0.25) is 0 Å². The number of nitrogens with zero attached hydrogens (tertiary/aromatic N) is 2. The Hall–Kier alpha value is -8.20. The van der Waals surface area contributed by atoms with Crippen LogP contribution in [-0.4, -0.2) is 4.57 Å². The molecular weight excluding hydrogens is 749 g/mol. The van der Waals surface area contributed by atoms with Crippen LogP contribution in [0.2, 0.25) is 0 Å². The Morgan fingerprint density at radius 3 is 1.13 bits per heavy atom. The number of anilines is 3. The molecule has 1 aromatic heterocycles. The van der Waals surface area contributed by atoms with Crippen molar-refractivity contribution in [2.75, 3.05) is 4.90 Å². The van der Waals surface area contributed by atoms with Crippen LogP contribution in [-0.2, 0) is 0 Å². The van der Waals surface area contributed by atoms with E-state index in [1.54, 1.807) is 0 Å². The van der Waals surface area contributed by atoms with E-state index in [0.29, 0.717) is 0 Å². The Kier molecular flexibility index (Phi) is 9.57. The highest BCUT2D eigenvalue weighted by Gasteiger charge is 2.17. The molecule has 0 aliphatic rings. The molecule has 11 aromatic rings. The molecule has 0 aliphatic carbocycles. The van der Waals surface area contributed by atoms with Crippen molar-refractivity contribution >= 4 is 38.9 Å². The molecule has 2 heteroatoms. The van der Waals surface area contributed by atoms with Gasteiger partial charge in [0, 0.05) is 33.4 Å². The van der Waals surface area contributed by atoms with E-state index >= 15 is 0 Å². The summed E-state index contributed by atoms with van der Waals surface area (Å²) in [5, 5.41) is 2.53. The van der Waals surface area contributed by atoms with Gasteiger partial charge in [-0.25, -0.2) is 0 Å². The zero-order valence-corrected chi connectivity index (χ0v) is 34.1. The maximum atomic E-state index is 2.41. The predicted molar refractivity (Wildman–Crippen MR) is 263 cm³/mol. The second-order valence-electron chi connectivity index (χ2n) is 15.8. The van der Waals surface area contributed by atoms with Crippen LogP contribution >= 0.6 is 0 Å². The van der Waals surface area contributed by atoms with Crippen molar-refractivity contribution in [2.45, 2.75) is 0 Å². The van der Waals surface area contributed by atoms with Gasteiger partial charge in [0.05, 0.1) is 16.7 Å². The van der Waals surface area contributed by atoms with Gasteiger partial charge in [-0.05, 0) is 105 Å². The molecule has 0 saturated carbocycles. The summed E-state index contributed by atoms with van der Waals surface area (Å²) in [7, 11) is 0. The van der Waals surface area contributed by atoms with Gasteiger partial charge >= 0.3 is 0 Å². The molecule has 0 amide bonds. The first-order valence-corrected chi connectivity index (χ1v) is 21.3. The summed E-state index contributed by atoms with van der Waals surface area (Å²) in [5.74, 6) is 0. The molecule has 0 bridgehead atoms. The molecule has 11 rings (SSSR count). The van der Waals surface area contributed by atoms with Crippen LogP contribution in [0.15, 0.2) is 255 Å². The molecule has 0 fully saturated rings.